The van der Waals surface area contributed by atoms with Crippen LogP contribution in [-0.2, 0) is 6.42 Å². The third-order valence-electron chi connectivity index (χ3n) is 2.94. The molecule has 0 aliphatic carbocycles. The minimum Gasteiger partial charge on any atom is -0.490 e. The van der Waals surface area contributed by atoms with Gasteiger partial charge < -0.3 is 9.47 Å². The first-order chi connectivity index (χ1) is 9.28. The van der Waals surface area contributed by atoms with E-state index in [0.29, 0.717) is 13.2 Å². The van der Waals surface area contributed by atoms with Crippen molar-refractivity contribution in [1.82, 2.24) is 0 Å². The molecule has 2 nitrogen and oxygen atoms in total. The van der Waals surface area contributed by atoms with Crippen molar-refractivity contribution in [3.8, 4) is 11.5 Å². The molecule has 0 fully saturated rings. The van der Waals surface area contributed by atoms with Crippen molar-refractivity contribution >= 4 is 0 Å². The van der Waals surface area contributed by atoms with Gasteiger partial charge in [0.25, 0.3) is 0 Å². The van der Waals surface area contributed by atoms with Crippen LogP contribution in [0.5, 0.6) is 11.5 Å². The number of hydrogen-bond acceptors (Lipinski definition) is 2. The maximum Gasteiger partial charge on any atom is 0.122 e. The van der Waals surface area contributed by atoms with Crippen molar-refractivity contribution in [3.05, 3.63) is 59.7 Å². The van der Waals surface area contributed by atoms with E-state index in [0.717, 1.165) is 17.9 Å². The summed E-state index contributed by atoms with van der Waals surface area (Å²) < 4.78 is 11.3. The Bertz CT molecular complexity index is 503. The zero-order valence-corrected chi connectivity index (χ0v) is 11.6. The predicted molar refractivity (Wildman–Crippen MR) is 78.0 cm³/mol. The number of aryl methyl sites for hydroxylation is 2. The van der Waals surface area contributed by atoms with Gasteiger partial charge in [-0.2, -0.15) is 0 Å². The van der Waals surface area contributed by atoms with Crippen molar-refractivity contribution in [2.75, 3.05) is 13.2 Å². The third kappa shape index (κ3) is 4.32. The first-order valence-electron chi connectivity index (χ1n) is 6.69. The molecule has 0 saturated heterocycles. The van der Waals surface area contributed by atoms with Gasteiger partial charge in [-0.15, -0.1) is 0 Å². The molecule has 0 N–H and O–H groups in total. The first-order valence-corrected chi connectivity index (χ1v) is 6.69. The molecule has 0 aliphatic rings. The van der Waals surface area contributed by atoms with E-state index in [2.05, 4.69) is 32.0 Å². The summed E-state index contributed by atoms with van der Waals surface area (Å²) >= 11 is 0. The molecule has 0 heterocycles. The fraction of sp³-hybridized carbons (Fsp3) is 0.294. The fourth-order valence-corrected chi connectivity index (χ4v) is 1.85. The minimum atomic E-state index is 0.555. The molecule has 0 aliphatic heterocycles. The topological polar surface area (TPSA) is 18.5 Å². The minimum absolute atomic E-state index is 0.555. The van der Waals surface area contributed by atoms with Gasteiger partial charge in [0.05, 0.1) is 0 Å². The third-order valence-corrected chi connectivity index (χ3v) is 2.94. The Balaban J connectivity index is 1.74. The SMILES string of the molecule is CCc1ccc(OCCOc2cccc(C)c2)cc1. The largest absolute Gasteiger partial charge is 0.490 e. The van der Waals surface area contributed by atoms with Crippen molar-refractivity contribution in [3.63, 3.8) is 0 Å². The van der Waals surface area contributed by atoms with Crippen LogP contribution in [0, 0.1) is 6.92 Å². The predicted octanol–water partition coefficient (Wildman–Crippen LogP) is 4.02. The smallest absolute Gasteiger partial charge is 0.122 e. The summed E-state index contributed by atoms with van der Waals surface area (Å²) in [6, 6.07) is 16.2. The number of ether oxygens (including phenoxy) is 2. The molecule has 0 saturated carbocycles. The maximum atomic E-state index is 5.63. The molecule has 0 radical (unpaired) electrons. The van der Waals surface area contributed by atoms with E-state index < -0.39 is 0 Å². The second-order valence-electron chi connectivity index (χ2n) is 4.51. The molecule has 2 aromatic carbocycles. The van der Waals surface area contributed by atoms with Crippen LogP contribution in [-0.4, -0.2) is 13.2 Å². The number of hydrogen-bond donors (Lipinski definition) is 0. The molecule has 19 heavy (non-hydrogen) atoms. The molecule has 0 amide bonds. The van der Waals surface area contributed by atoms with Gasteiger partial charge in [-0.25, -0.2) is 0 Å². The van der Waals surface area contributed by atoms with Crippen LogP contribution in [0.4, 0.5) is 0 Å². The number of rotatable bonds is 6. The lowest BCUT2D eigenvalue weighted by Gasteiger charge is -2.09. The Morgan fingerprint density at radius 2 is 1.53 bits per heavy atom. The molecule has 2 aromatic rings. The fourth-order valence-electron chi connectivity index (χ4n) is 1.85. The average molecular weight is 256 g/mol. The van der Waals surface area contributed by atoms with Crippen molar-refractivity contribution in [2.24, 2.45) is 0 Å². The first kappa shape index (κ1) is 13.5. The van der Waals surface area contributed by atoms with Crippen LogP contribution in [0.25, 0.3) is 0 Å². The van der Waals surface area contributed by atoms with Crippen molar-refractivity contribution in [2.45, 2.75) is 20.3 Å². The van der Waals surface area contributed by atoms with Gasteiger partial charge in [-0.05, 0) is 48.7 Å². The summed E-state index contributed by atoms with van der Waals surface area (Å²) in [7, 11) is 0. The highest BCUT2D eigenvalue weighted by atomic mass is 16.5. The van der Waals surface area contributed by atoms with E-state index in [9.17, 15) is 0 Å². The molecule has 0 unspecified atom stereocenters. The van der Waals surface area contributed by atoms with Crippen molar-refractivity contribution in [1.29, 1.82) is 0 Å². The van der Waals surface area contributed by atoms with Crippen LogP contribution >= 0.6 is 0 Å². The normalized spacial score (nSPS) is 10.2. The zero-order valence-electron chi connectivity index (χ0n) is 11.6. The highest BCUT2D eigenvalue weighted by molar-refractivity contribution is 5.28. The molecular formula is C17H20O2. The molecule has 0 atom stereocenters. The summed E-state index contributed by atoms with van der Waals surface area (Å²) in [6.45, 7) is 5.31. The molecule has 0 bridgehead atoms. The van der Waals surface area contributed by atoms with Crippen LogP contribution < -0.4 is 9.47 Å². The Morgan fingerprint density at radius 1 is 0.842 bits per heavy atom. The molecule has 2 heteroatoms. The highest BCUT2D eigenvalue weighted by Gasteiger charge is 1.96. The van der Waals surface area contributed by atoms with E-state index in [-0.39, 0.29) is 0 Å². The standard InChI is InChI=1S/C17H20O2/c1-3-15-7-9-16(10-8-15)18-11-12-19-17-6-4-5-14(2)13-17/h4-10,13H,3,11-12H2,1-2H3. The maximum absolute atomic E-state index is 5.63. The quantitative estimate of drug-likeness (QED) is 0.727. The lowest BCUT2D eigenvalue weighted by atomic mass is 10.2. The Labute approximate surface area is 115 Å². The molecule has 100 valence electrons. The Morgan fingerprint density at radius 3 is 2.16 bits per heavy atom. The van der Waals surface area contributed by atoms with Crippen LogP contribution in [0.2, 0.25) is 0 Å². The molecular weight excluding hydrogens is 236 g/mol. The van der Waals surface area contributed by atoms with Crippen LogP contribution in [0.3, 0.4) is 0 Å². The molecule has 0 aromatic heterocycles. The van der Waals surface area contributed by atoms with E-state index in [1.165, 1.54) is 11.1 Å². The highest BCUT2D eigenvalue weighted by Crippen LogP contribution is 2.14. The van der Waals surface area contributed by atoms with E-state index in [1.807, 2.05) is 30.3 Å². The van der Waals surface area contributed by atoms with Gasteiger partial charge in [0.1, 0.15) is 24.7 Å². The average Bonchev–Trinajstić information content (AvgIpc) is 2.44. The summed E-state index contributed by atoms with van der Waals surface area (Å²) in [4.78, 5) is 0. The van der Waals surface area contributed by atoms with Gasteiger partial charge in [-0.1, -0.05) is 31.2 Å². The van der Waals surface area contributed by atoms with Gasteiger partial charge in [0.2, 0.25) is 0 Å². The lowest BCUT2D eigenvalue weighted by Crippen LogP contribution is -2.09. The van der Waals surface area contributed by atoms with Crippen LogP contribution in [0.15, 0.2) is 48.5 Å². The molecule has 0 spiro atoms. The zero-order chi connectivity index (χ0) is 13.5. The van der Waals surface area contributed by atoms with Gasteiger partial charge >= 0.3 is 0 Å². The lowest BCUT2D eigenvalue weighted by molar-refractivity contribution is 0.217. The Kier molecular flexibility index (Phi) is 4.85. The van der Waals surface area contributed by atoms with Gasteiger partial charge in [0.15, 0.2) is 0 Å². The summed E-state index contributed by atoms with van der Waals surface area (Å²) in [5.74, 6) is 1.79. The summed E-state index contributed by atoms with van der Waals surface area (Å²) in [5.41, 5.74) is 2.52. The second-order valence-corrected chi connectivity index (χ2v) is 4.51. The van der Waals surface area contributed by atoms with E-state index in [4.69, 9.17) is 9.47 Å². The summed E-state index contributed by atoms with van der Waals surface area (Å²) in [6.07, 6.45) is 1.05. The van der Waals surface area contributed by atoms with E-state index >= 15 is 0 Å². The molecule has 2 rings (SSSR count). The van der Waals surface area contributed by atoms with Crippen LogP contribution in [0.1, 0.15) is 18.1 Å². The van der Waals surface area contributed by atoms with Gasteiger partial charge in [-0.3, -0.25) is 0 Å². The summed E-state index contributed by atoms with van der Waals surface area (Å²) in [5, 5.41) is 0. The monoisotopic (exact) mass is 256 g/mol. The second kappa shape index (κ2) is 6.83. The van der Waals surface area contributed by atoms with Gasteiger partial charge in [0, 0.05) is 0 Å². The van der Waals surface area contributed by atoms with Crippen molar-refractivity contribution < 1.29 is 9.47 Å². The number of benzene rings is 2. The van der Waals surface area contributed by atoms with E-state index in [1.54, 1.807) is 0 Å². The Hall–Kier alpha value is -1.96.